The molecule has 150 valence electrons. The Bertz CT molecular complexity index is 955. The topological polar surface area (TPSA) is 90.5 Å². The van der Waals surface area contributed by atoms with Gasteiger partial charge in [0.1, 0.15) is 6.04 Å². The van der Waals surface area contributed by atoms with E-state index in [9.17, 15) is 14.4 Å². The zero-order chi connectivity index (χ0) is 20.4. The largest absolute Gasteiger partial charge is 0.381 e. The summed E-state index contributed by atoms with van der Waals surface area (Å²) in [7, 11) is 1.92. The zero-order valence-corrected chi connectivity index (χ0v) is 16.3. The van der Waals surface area contributed by atoms with Gasteiger partial charge in [0.25, 0.3) is 5.91 Å². The maximum Gasteiger partial charge on any atom is 0.255 e. The lowest BCUT2D eigenvalue weighted by Crippen LogP contribution is -2.52. The van der Waals surface area contributed by atoms with Crippen molar-refractivity contribution in [2.45, 2.75) is 38.5 Å². The SMILES string of the molecule is CNCc1ccc(NCc2cccc3c2CN(C2CCC(=O)NC2=O)C3=O)cc1. The molecule has 29 heavy (non-hydrogen) atoms. The highest BCUT2D eigenvalue weighted by Gasteiger charge is 2.39. The van der Waals surface area contributed by atoms with Crippen LogP contribution in [0.15, 0.2) is 42.5 Å². The van der Waals surface area contributed by atoms with Crippen LogP contribution in [-0.2, 0) is 29.2 Å². The van der Waals surface area contributed by atoms with Crippen molar-refractivity contribution < 1.29 is 14.4 Å². The fraction of sp³-hybridized carbons (Fsp3) is 0.318. The van der Waals surface area contributed by atoms with E-state index in [0.29, 0.717) is 25.1 Å². The maximum atomic E-state index is 12.9. The molecule has 2 aromatic carbocycles. The number of carbonyl (C=O) groups is 3. The molecule has 2 aliphatic rings. The molecule has 1 saturated heterocycles. The van der Waals surface area contributed by atoms with E-state index in [1.54, 1.807) is 11.0 Å². The minimum absolute atomic E-state index is 0.146. The van der Waals surface area contributed by atoms with Gasteiger partial charge in [0, 0.05) is 37.3 Å². The smallest absolute Gasteiger partial charge is 0.255 e. The number of carbonyl (C=O) groups excluding carboxylic acids is 3. The van der Waals surface area contributed by atoms with Gasteiger partial charge in [0.05, 0.1) is 0 Å². The molecule has 0 aliphatic carbocycles. The Balaban J connectivity index is 1.48. The molecule has 7 nitrogen and oxygen atoms in total. The predicted octanol–water partition coefficient (Wildman–Crippen LogP) is 1.78. The van der Waals surface area contributed by atoms with Gasteiger partial charge in [-0.25, -0.2) is 0 Å². The van der Waals surface area contributed by atoms with Gasteiger partial charge in [0.2, 0.25) is 11.8 Å². The molecule has 2 aliphatic heterocycles. The summed E-state index contributed by atoms with van der Waals surface area (Å²) in [6, 6.07) is 13.3. The molecule has 0 radical (unpaired) electrons. The average molecular weight is 392 g/mol. The lowest BCUT2D eigenvalue weighted by molar-refractivity contribution is -0.136. The Hall–Kier alpha value is -3.19. The van der Waals surface area contributed by atoms with Crippen LogP contribution in [0.1, 0.15) is 39.9 Å². The lowest BCUT2D eigenvalue weighted by Gasteiger charge is -2.29. The second kappa shape index (κ2) is 8.05. The molecule has 2 heterocycles. The molecule has 3 amide bonds. The number of fused-ring (bicyclic) bond motifs is 1. The Labute approximate surface area is 169 Å². The molecule has 1 fully saturated rings. The van der Waals surface area contributed by atoms with E-state index in [1.165, 1.54) is 5.56 Å². The fourth-order valence-electron chi connectivity index (χ4n) is 3.96. The van der Waals surface area contributed by atoms with E-state index >= 15 is 0 Å². The summed E-state index contributed by atoms with van der Waals surface area (Å²) in [4.78, 5) is 38.1. The van der Waals surface area contributed by atoms with Crippen LogP contribution in [0, 0.1) is 0 Å². The Kier molecular flexibility index (Phi) is 5.31. The van der Waals surface area contributed by atoms with Crippen LogP contribution >= 0.6 is 0 Å². The van der Waals surface area contributed by atoms with Crippen LogP contribution < -0.4 is 16.0 Å². The van der Waals surface area contributed by atoms with E-state index in [4.69, 9.17) is 0 Å². The monoisotopic (exact) mass is 392 g/mol. The van der Waals surface area contributed by atoms with Gasteiger partial charge >= 0.3 is 0 Å². The summed E-state index contributed by atoms with van der Waals surface area (Å²) in [5, 5.41) is 8.88. The van der Waals surface area contributed by atoms with Crippen LogP contribution in [-0.4, -0.2) is 35.7 Å². The van der Waals surface area contributed by atoms with Crippen molar-refractivity contribution in [2.24, 2.45) is 0 Å². The molecular formula is C22H24N4O3. The maximum absolute atomic E-state index is 12.9. The molecule has 0 saturated carbocycles. The van der Waals surface area contributed by atoms with Crippen molar-refractivity contribution in [3.8, 4) is 0 Å². The van der Waals surface area contributed by atoms with E-state index in [-0.39, 0.29) is 24.1 Å². The summed E-state index contributed by atoms with van der Waals surface area (Å²) in [5.74, 6) is -0.808. The normalized spacial score (nSPS) is 18.6. The fourth-order valence-corrected chi connectivity index (χ4v) is 3.96. The second-order valence-corrected chi connectivity index (χ2v) is 7.42. The van der Waals surface area contributed by atoms with E-state index in [0.717, 1.165) is 23.4 Å². The van der Waals surface area contributed by atoms with Crippen LogP contribution in [0.2, 0.25) is 0 Å². The quantitative estimate of drug-likeness (QED) is 0.652. The van der Waals surface area contributed by atoms with Crippen molar-refractivity contribution in [1.29, 1.82) is 0 Å². The molecule has 0 spiro atoms. The number of hydrogen-bond donors (Lipinski definition) is 3. The first kappa shape index (κ1) is 19.1. The summed E-state index contributed by atoms with van der Waals surface area (Å²) in [5.41, 5.74) is 4.84. The molecule has 7 heteroatoms. The van der Waals surface area contributed by atoms with Crippen molar-refractivity contribution in [3.63, 3.8) is 0 Å². The molecule has 4 rings (SSSR count). The van der Waals surface area contributed by atoms with Crippen LogP contribution in [0.25, 0.3) is 0 Å². The molecule has 3 N–H and O–H groups in total. The first-order valence-corrected chi connectivity index (χ1v) is 9.79. The highest BCUT2D eigenvalue weighted by Crippen LogP contribution is 2.30. The third-order valence-electron chi connectivity index (χ3n) is 5.50. The van der Waals surface area contributed by atoms with Crippen molar-refractivity contribution in [1.82, 2.24) is 15.5 Å². The number of nitrogens with zero attached hydrogens (tertiary/aromatic N) is 1. The van der Waals surface area contributed by atoms with Gasteiger partial charge < -0.3 is 15.5 Å². The summed E-state index contributed by atoms with van der Waals surface area (Å²) in [6.07, 6.45) is 0.630. The molecule has 1 atom stereocenters. The van der Waals surface area contributed by atoms with Crippen molar-refractivity contribution in [2.75, 3.05) is 12.4 Å². The molecule has 0 bridgehead atoms. The van der Waals surface area contributed by atoms with Gasteiger partial charge in [-0.05, 0) is 48.4 Å². The molecular weight excluding hydrogens is 368 g/mol. The minimum Gasteiger partial charge on any atom is -0.381 e. The molecule has 0 aromatic heterocycles. The van der Waals surface area contributed by atoms with Crippen LogP contribution in [0.5, 0.6) is 0 Å². The number of amides is 3. The Morgan fingerprint density at radius 2 is 1.86 bits per heavy atom. The number of anilines is 1. The lowest BCUT2D eigenvalue weighted by atomic mass is 10.0. The zero-order valence-electron chi connectivity index (χ0n) is 16.3. The summed E-state index contributed by atoms with van der Waals surface area (Å²) < 4.78 is 0. The Morgan fingerprint density at radius 1 is 1.07 bits per heavy atom. The van der Waals surface area contributed by atoms with Crippen molar-refractivity contribution >= 4 is 23.4 Å². The van der Waals surface area contributed by atoms with Crippen LogP contribution in [0.3, 0.4) is 0 Å². The molecule has 1 unspecified atom stereocenters. The minimum atomic E-state index is -0.590. The van der Waals surface area contributed by atoms with Crippen LogP contribution in [0.4, 0.5) is 5.69 Å². The number of hydrogen-bond acceptors (Lipinski definition) is 5. The van der Waals surface area contributed by atoms with Gasteiger partial charge in [-0.1, -0.05) is 24.3 Å². The van der Waals surface area contributed by atoms with Gasteiger partial charge in [-0.15, -0.1) is 0 Å². The number of piperidine rings is 1. The third-order valence-corrected chi connectivity index (χ3v) is 5.50. The predicted molar refractivity (Wildman–Crippen MR) is 109 cm³/mol. The first-order chi connectivity index (χ1) is 14.1. The van der Waals surface area contributed by atoms with Gasteiger partial charge in [-0.3, -0.25) is 19.7 Å². The second-order valence-electron chi connectivity index (χ2n) is 7.42. The molecule has 2 aromatic rings. The number of benzene rings is 2. The van der Waals surface area contributed by atoms with Gasteiger partial charge in [0.15, 0.2) is 0 Å². The number of nitrogens with one attached hydrogen (secondary N) is 3. The highest BCUT2D eigenvalue weighted by molar-refractivity contribution is 6.05. The Morgan fingerprint density at radius 3 is 2.59 bits per heavy atom. The number of rotatable bonds is 6. The third kappa shape index (κ3) is 3.86. The van der Waals surface area contributed by atoms with E-state index in [1.807, 2.05) is 31.3 Å². The van der Waals surface area contributed by atoms with E-state index in [2.05, 4.69) is 28.1 Å². The first-order valence-electron chi connectivity index (χ1n) is 9.79. The standard InChI is InChI=1S/C22H24N4O3/c1-23-11-14-5-7-16(8-6-14)24-12-15-3-2-4-17-18(15)13-26(22(17)29)19-9-10-20(27)25-21(19)28/h2-8,19,23-24H,9-13H2,1H3,(H,25,27,28). The van der Waals surface area contributed by atoms with Crippen molar-refractivity contribution in [3.05, 3.63) is 64.7 Å². The highest BCUT2D eigenvalue weighted by atomic mass is 16.2. The number of imide groups is 1. The van der Waals surface area contributed by atoms with Gasteiger partial charge in [-0.2, -0.15) is 0 Å². The summed E-state index contributed by atoms with van der Waals surface area (Å²) >= 11 is 0. The average Bonchev–Trinajstić information content (AvgIpc) is 3.05. The van der Waals surface area contributed by atoms with E-state index < -0.39 is 6.04 Å². The summed E-state index contributed by atoms with van der Waals surface area (Å²) in [6.45, 7) is 1.80.